The standard InChI is InChI=1S/C26H32N4O2S/c1-19-7-6-10-22-17-23(25(31)28-24(19)22)18-30(12-11-29-13-15-32-16-14-29)26(33)27-20(2)21-8-4-3-5-9-21/h3-10,17,20H,11-16,18H2,1-2H3,(H,27,33)(H,28,31)/t20-/m0/s1. The van der Waals surface area contributed by atoms with Gasteiger partial charge in [0.1, 0.15) is 0 Å². The van der Waals surface area contributed by atoms with Crippen molar-refractivity contribution in [2.75, 3.05) is 39.4 Å². The molecule has 1 saturated heterocycles. The van der Waals surface area contributed by atoms with Gasteiger partial charge in [0.2, 0.25) is 0 Å². The molecule has 6 nitrogen and oxygen atoms in total. The first-order valence-corrected chi connectivity index (χ1v) is 11.9. The predicted molar refractivity (Wildman–Crippen MR) is 138 cm³/mol. The molecule has 1 atom stereocenters. The van der Waals surface area contributed by atoms with Gasteiger partial charge in [0, 0.05) is 31.7 Å². The van der Waals surface area contributed by atoms with Crippen LogP contribution in [0.2, 0.25) is 0 Å². The van der Waals surface area contributed by atoms with Crippen LogP contribution in [-0.2, 0) is 11.3 Å². The summed E-state index contributed by atoms with van der Waals surface area (Å²) in [6, 6.07) is 18.4. The molecule has 0 saturated carbocycles. The molecule has 1 fully saturated rings. The van der Waals surface area contributed by atoms with E-state index in [2.05, 4.69) is 39.2 Å². The lowest BCUT2D eigenvalue weighted by Gasteiger charge is -2.32. The van der Waals surface area contributed by atoms with Crippen LogP contribution in [-0.4, -0.2) is 59.3 Å². The van der Waals surface area contributed by atoms with Crippen molar-refractivity contribution < 1.29 is 4.74 Å². The second kappa shape index (κ2) is 10.9. The molecule has 3 aromatic rings. The number of nitrogens with zero attached hydrogens (tertiary/aromatic N) is 2. The Hall–Kier alpha value is -2.74. The van der Waals surface area contributed by atoms with Crippen molar-refractivity contribution in [2.45, 2.75) is 26.4 Å². The van der Waals surface area contributed by atoms with E-state index in [4.69, 9.17) is 17.0 Å². The highest BCUT2D eigenvalue weighted by atomic mass is 32.1. The molecule has 33 heavy (non-hydrogen) atoms. The average Bonchev–Trinajstić information content (AvgIpc) is 2.83. The fraction of sp³-hybridized carbons (Fsp3) is 0.385. The van der Waals surface area contributed by atoms with E-state index in [1.165, 1.54) is 5.56 Å². The highest BCUT2D eigenvalue weighted by Gasteiger charge is 2.18. The van der Waals surface area contributed by atoms with Gasteiger partial charge >= 0.3 is 0 Å². The monoisotopic (exact) mass is 464 g/mol. The number of nitrogens with one attached hydrogen (secondary N) is 2. The minimum Gasteiger partial charge on any atom is -0.379 e. The van der Waals surface area contributed by atoms with E-state index in [9.17, 15) is 4.79 Å². The summed E-state index contributed by atoms with van der Waals surface area (Å²) in [6.07, 6.45) is 0. The number of H-pyrrole nitrogens is 1. The van der Waals surface area contributed by atoms with Crippen molar-refractivity contribution in [3.63, 3.8) is 0 Å². The van der Waals surface area contributed by atoms with Gasteiger partial charge < -0.3 is 19.9 Å². The number of hydrogen-bond donors (Lipinski definition) is 2. The number of morpholine rings is 1. The molecule has 1 aromatic heterocycles. The van der Waals surface area contributed by atoms with E-state index in [0.29, 0.717) is 17.2 Å². The van der Waals surface area contributed by atoms with Gasteiger partial charge in [-0.3, -0.25) is 9.69 Å². The summed E-state index contributed by atoms with van der Waals surface area (Å²) in [7, 11) is 0. The van der Waals surface area contributed by atoms with Crippen LogP contribution in [0.4, 0.5) is 0 Å². The topological polar surface area (TPSA) is 60.6 Å². The quantitative estimate of drug-likeness (QED) is 0.521. The molecule has 0 spiro atoms. The van der Waals surface area contributed by atoms with Crippen molar-refractivity contribution in [1.82, 2.24) is 20.1 Å². The van der Waals surface area contributed by atoms with Gasteiger partial charge in [-0.05, 0) is 48.6 Å². The van der Waals surface area contributed by atoms with Crippen LogP contribution in [0, 0.1) is 6.92 Å². The Labute approximate surface area is 200 Å². The molecule has 4 rings (SSSR count). The summed E-state index contributed by atoms with van der Waals surface area (Å²) in [5.74, 6) is 0. The molecule has 0 bridgehead atoms. The van der Waals surface area contributed by atoms with Gasteiger partial charge in [-0.25, -0.2) is 0 Å². The second-order valence-corrected chi connectivity index (χ2v) is 9.01. The van der Waals surface area contributed by atoms with Gasteiger partial charge in [-0.1, -0.05) is 48.5 Å². The molecule has 2 N–H and O–H groups in total. The number of benzene rings is 2. The number of aromatic amines is 1. The lowest BCUT2D eigenvalue weighted by Crippen LogP contribution is -2.46. The van der Waals surface area contributed by atoms with E-state index in [1.54, 1.807) is 0 Å². The maximum atomic E-state index is 12.9. The van der Waals surface area contributed by atoms with E-state index in [0.717, 1.165) is 55.9 Å². The third kappa shape index (κ3) is 5.99. The minimum atomic E-state index is -0.0629. The van der Waals surface area contributed by atoms with Gasteiger partial charge in [-0.15, -0.1) is 0 Å². The van der Waals surface area contributed by atoms with Crippen LogP contribution < -0.4 is 10.9 Å². The zero-order chi connectivity index (χ0) is 23.2. The van der Waals surface area contributed by atoms with E-state index < -0.39 is 0 Å². The summed E-state index contributed by atoms with van der Waals surface area (Å²) >= 11 is 5.84. The second-order valence-electron chi connectivity index (χ2n) is 8.62. The largest absolute Gasteiger partial charge is 0.379 e. The van der Waals surface area contributed by atoms with E-state index >= 15 is 0 Å². The van der Waals surface area contributed by atoms with Crippen LogP contribution in [0.15, 0.2) is 59.4 Å². The molecule has 1 aliphatic heterocycles. The molecule has 174 valence electrons. The molecular weight excluding hydrogens is 432 g/mol. The number of aryl methyl sites for hydroxylation is 1. The van der Waals surface area contributed by atoms with Crippen molar-refractivity contribution in [3.05, 3.63) is 81.6 Å². The lowest BCUT2D eigenvalue weighted by atomic mass is 10.1. The maximum absolute atomic E-state index is 12.9. The SMILES string of the molecule is Cc1cccc2cc(CN(CCN3CCOCC3)C(=S)N[C@@H](C)c3ccccc3)c(=O)[nH]c12. The predicted octanol–water partition coefficient (Wildman–Crippen LogP) is 3.61. The smallest absolute Gasteiger partial charge is 0.253 e. The molecule has 0 unspecified atom stereocenters. The van der Waals surface area contributed by atoms with Crippen LogP contribution in [0.1, 0.15) is 29.7 Å². The first-order valence-electron chi connectivity index (χ1n) is 11.5. The first-order chi connectivity index (χ1) is 16.0. The Balaban J connectivity index is 1.54. The number of pyridine rings is 1. The fourth-order valence-corrected chi connectivity index (χ4v) is 4.53. The third-order valence-corrected chi connectivity index (χ3v) is 6.62. The Kier molecular flexibility index (Phi) is 7.75. The van der Waals surface area contributed by atoms with Crippen molar-refractivity contribution in [3.8, 4) is 0 Å². The van der Waals surface area contributed by atoms with E-state index in [1.807, 2.05) is 49.4 Å². The van der Waals surface area contributed by atoms with Crippen LogP contribution >= 0.6 is 12.2 Å². The van der Waals surface area contributed by atoms with Crippen LogP contribution in [0.3, 0.4) is 0 Å². The number of aromatic nitrogens is 1. The van der Waals surface area contributed by atoms with Crippen molar-refractivity contribution >= 4 is 28.2 Å². The van der Waals surface area contributed by atoms with Gasteiger partial charge in [-0.2, -0.15) is 0 Å². The lowest BCUT2D eigenvalue weighted by molar-refractivity contribution is 0.0357. The molecule has 2 heterocycles. The summed E-state index contributed by atoms with van der Waals surface area (Å²) in [5.41, 5.74) is 3.78. The number of rotatable bonds is 7. The number of fused-ring (bicyclic) bond motifs is 1. The number of hydrogen-bond acceptors (Lipinski definition) is 4. The van der Waals surface area contributed by atoms with Gasteiger partial charge in [0.25, 0.3) is 5.56 Å². The zero-order valence-electron chi connectivity index (χ0n) is 19.3. The zero-order valence-corrected chi connectivity index (χ0v) is 20.2. The summed E-state index contributed by atoms with van der Waals surface area (Å²) in [4.78, 5) is 20.5. The molecule has 0 amide bonds. The van der Waals surface area contributed by atoms with Gasteiger partial charge in [0.05, 0.1) is 31.3 Å². The average molecular weight is 465 g/mol. The number of ether oxygens (including phenoxy) is 1. The Morgan fingerprint density at radius 2 is 1.94 bits per heavy atom. The summed E-state index contributed by atoms with van der Waals surface area (Å²) in [6.45, 7) is 9.54. The Morgan fingerprint density at radius 1 is 1.18 bits per heavy atom. The van der Waals surface area contributed by atoms with Crippen molar-refractivity contribution in [2.24, 2.45) is 0 Å². The molecule has 0 aliphatic carbocycles. The molecular formula is C26H32N4O2S. The molecule has 1 aliphatic rings. The highest BCUT2D eigenvalue weighted by molar-refractivity contribution is 7.80. The molecule has 7 heteroatoms. The molecule has 2 aromatic carbocycles. The fourth-order valence-electron chi connectivity index (χ4n) is 4.19. The van der Waals surface area contributed by atoms with Gasteiger partial charge in [0.15, 0.2) is 5.11 Å². The number of thiocarbonyl (C=S) groups is 1. The van der Waals surface area contributed by atoms with Crippen LogP contribution in [0.5, 0.6) is 0 Å². The Bertz CT molecular complexity index is 1140. The van der Waals surface area contributed by atoms with Crippen molar-refractivity contribution in [1.29, 1.82) is 0 Å². The number of para-hydroxylation sites is 1. The molecule has 0 radical (unpaired) electrons. The highest BCUT2D eigenvalue weighted by Crippen LogP contribution is 2.17. The summed E-state index contributed by atoms with van der Waals surface area (Å²) < 4.78 is 5.48. The van der Waals surface area contributed by atoms with Crippen LogP contribution in [0.25, 0.3) is 10.9 Å². The Morgan fingerprint density at radius 3 is 2.70 bits per heavy atom. The maximum Gasteiger partial charge on any atom is 0.253 e. The minimum absolute atomic E-state index is 0.0629. The first kappa shape index (κ1) is 23.4. The van der Waals surface area contributed by atoms with E-state index in [-0.39, 0.29) is 11.6 Å². The summed E-state index contributed by atoms with van der Waals surface area (Å²) in [5, 5.41) is 5.16. The third-order valence-electron chi connectivity index (χ3n) is 6.24. The normalized spacial score (nSPS) is 15.3.